The lowest BCUT2D eigenvalue weighted by molar-refractivity contribution is -0.139. The lowest BCUT2D eigenvalue weighted by Crippen LogP contribution is -2.24. The minimum atomic E-state index is -0.861. The Kier molecular flexibility index (Phi) is 6.94. The van der Waals surface area contributed by atoms with Gasteiger partial charge in [0.1, 0.15) is 18.2 Å². The van der Waals surface area contributed by atoms with E-state index >= 15 is 4.39 Å². The fourth-order valence-electron chi connectivity index (χ4n) is 6.66. The van der Waals surface area contributed by atoms with E-state index in [-0.39, 0.29) is 29.5 Å². The van der Waals surface area contributed by atoms with Gasteiger partial charge in [-0.05, 0) is 83.5 Å². The summed E-state index contributed by atoms with van der Waals surface area (Å²) in [7, 11) is 1.56. The molecule has 0 radical (unpaired) electrons. The first-order chi connectivity index (χ1) is 18.5. The van der Waals surface area contributed by atoms with Crippen molar-refractivity contribution in [3.8, 4) is 22.6 Å². The molecule has 39 heavy (non-hydrogen) atoms. The number of fused-ring (bicyclic) bond motifs is 2. The van der Waals surface area contributed by atoms with Crippen molar-refractivity contribution in [3.63, 3.8) is 0 Å². The third-order valence-corrected chi connectivity index (χ3v) is 8.47. The van der Waals surface area contributed by atoms with Crippen molar-refractivity contribution in [3.05, 3.63) is 82.4 Å². The molecule has 1 fully saturated rings. The van der Waals surface area contributed by atoms with Crippen molar-refractivity contribution in [1.29, 1.82) is 0 Å². The van der Waals surface area contributed by atoms with E-state index in [4.69, 9.17) is 9.47 Å². The molecule has 1 spiro atoms. The fraction of sp³-hybridized carbons (Fsp3) is 0.424. The zero-order valence-electron chi connectivity index (χ0n) is 23.2. The second-order valence-corrected chi connectivity index (χ2v) is 12.3. The van der Waals surface area contributed by atoms with Gasteiger partial charge in [0.05, 0.1) is 13.0 Å². The van der Waals surface area contributed by atoms with E-state index in [0.29, 0.717) is 29.7 Å². The van der Waals surface area contributed by atoms with Gasteiger partial charge in [0.25, 0.3) is 0 Å². The molecule has 2 aliphatic carbocycles. The van der Waals surface area contributed by atoms with Crippen LogP contribution in [0.4, 0.5) is 8.78 Å². The minimum Gasteiger partial charge on any atom is -0.497 e. The number of benzene rings is 3. The topological polar surface area (TPSA) is 55.8 Å². The predicted molar refractivity (Wildman–Crippen MR) is 147 cm³/mol. The highest BCUT2D eigenvalue weighted by molar-refractivity contribution is 5.79. The highest BCUT2D eigenvalue weighted by atomic mass is 19.1. The third kappa shape index (κ3) is 4.90. The first-order valence-electron chi connectivity index (χ1n) is 13.6. The molecule has 3 atom stereocenters. The molecule has 206 valence electrons. The Balaban J connectivity index is 1.46. The second kappa shape index (κ2) is 9.96. The maximum Gasteiger partial charge on any atom is 0.307 e. The molecule has 2 aliphatic rings. The summed E-state index contributed by atoms with van der Waals surface area (Å²) in [4.78, 5) is 11.9. The summed E-state index contributed by atoms with van der Waals surface area (Å²) < 4.78 is 42.1. The van der Waals surface area contributed by atoms with E-state index in [9.17, 15) is 14.3 Å². The summed E-state index contributed by atoms with van der Waals surface area (Å²) >= 11 is 0. The van der Waals surface area contributed by atoms with Crippen molar-refractivity contribution < 1.29 is 28.2 Å². The Labute approximate surface area is 229 Å². The van der Waals surface area contributed by atoms with Crippen molar-refractivity contribution in [2.75, 3.05) is 7.11 Å². The number of carboxylic acids is 1. The van der Waals surface area contributed by atoms with Crippen molar-refractivity contribution >= 4 is 5.97 Å². The quantitative estimate of drug-likeness (QED) is 0.337. The van der Waals surface area contributed by atoms with E-state index in [1.165, 1.54) is 6.07 Å². The van der Waals surface area contributed by atoms with E-state index in [1.807, 2.05) is 31.2 Å². The van der Waals surface area contributed by atoms with Crippen LogP contribution in [-0.4, -0.2) is 18.2 Å². The van der Waals surface area contributed by atoms with Gasteiger partial charge < -0.3 is 14.6 Å². The standard InChI is InChI=1S/C33H36F2O4/c1-19-28(31(36)37)33(19)14-6-7-21-9-13-27(30(35)29(21)33)39-18-20-8-11-24(22(15-20)17-32(2,3)4)25-16-23(38-5)10-12-26(25)34/h8-13,15-16,19,28H,6-7,14,17-18H2,1-5H3,(H,36,37). The molecule has 4 nitrogen and oxygen atoms in total. The van der Waals surface area contributed by atoms with Gasteiger partial charge in [0.15, 0.2) is 11.6 Å². The van der Waals surface area contributed by atoms with Crippen LogP contribution in [0, 0.1) is 28.9 Å². The fourth-order valence-corrected chi connectivity index (χ4v) is 6.66. The van der Waals surface area contributed by atoms with Gasteiger partial charge in [-0.2, -0.15) is 0 Å². The zero-order chi connectivity index (χ0) is 28.1. The molecule has 0 bridgehead atoms. The summed E-state index contributed by atoms with van der Waals surface area (Å²) in [6, 6.07) is 14.0. The number of carboxylic acid groups (broad SMARTS) is 1. The maximum atomic E-state index is 15.9. The SMILES string of the molecule is COc1ccc(F)c(-c2ccc(COc3ccc4c(c3F)C3(CCC4)C(C)C3C(=O)O)cc2CC(C)(C)C)c1. The molecule has 6 heteroatoms. The predicted octanol–water partition coefficient (Wildman–Crippen LogP) is 7.73. The summed E-state index contributed by atoms with van der Waals surface area (Å²) in [6.45, 7) is 8.43. The summed E-state index contributed by atoms with van der Waals surface area (Å²) in [5, 5.41) is 9.75. The number of hydrogen-bond donors (Lipinski definition) is 1. The molecule has 3 aromatic carbocycles. The molecular weight excluding hydrogens is 498 g/mol. The third-order valence-electron chi connectivity index (χ3n) is 8.47. The Morgan fingerprint density at radius 2 is 1.85 bits per heavy atom. The van der Waals surface area contributed by atoms with Crippen LogP contribution in [0.2, 0.25) is 0 Å². The number of hydrogen-bond acceptors (Lipinski definition) is 3. The summed E-state index contributed by atoms with van der Waals surface area (Å²) in [5.74, 6) is -1.58. The van der Waals surface area contributed by atoms with Crippen LogP contribution >= 0.6 is 0 Å². The van der Waals surface area contributed by atoms with Crippen LogP contribution in [-0.2, 0) is 29.7 Å². The molecule has 1 saturated carbocycles. The minimum absolute atomic E-state index is 0.0515. The van der Waals surface area contributed by atoms with Gasteiger partial charge in [-0.1, -0.05) is 52.0 Å². The van der Waals surface area contributed by atoms with Crippen LogP contribution < -0.4 is 9.47 Å². The van der Waals surface area contributed by atoms with Gasteiger partial charge >= 0.3 is 5.97 Å². The van der Waals surface area contributed by atoms with E-state index in [2.05, 4.69) is 20.8 Å². The van der Waals surface area contributed by atoms with Crippen LogP contribution in [0.1, 0.15) is 62.8 Å². The molecule has 0 aromatic heterocycles. The monoisotopic (exact) mass is 534 g/mol. The van der Waals surface area contributed by atoms with E-state index in [1.54, 1.807) is 25.3 Å². The van der Waals surface area contributed by atoms with Gasteiger partial charge in [-0.25, -0.2) is 8.78 Å². The Morgan fingerprint density at radius 3 is 2.51 bits per heavy atom. The molecule has 0 amide bonds. The van der Waals surface area contributed by atoms with Gasteiger partial charge in [-0.3, -0.25) is 4.79 Å². The zero-order valence-corrected chi connectivity index (χ0v) is 23.2. The molecule has 0 heterocycles. The Hall–Kier alpha value is -3.41. The van der Waals surface area contributed by atoms with Crippen LogP contribution in [0.15, 0.2) is 48.5 Å². The van der Waals surface area contributed by atoms with Crippen LogP contribution in [0.3, 0.4) is 0 Å². The van der Waals surface area contributed by atoms with Gasteiger partial charge in [0, 0.05) is 16.5 Å². The molecule has 3 unspecified atom stereocenters. The van der Waals surface area contributed by atoms with Crippen molar-refractivity contribution in [2.24, 2.45) is 17.3 Å². The molecule has 0 aliphatic heterocycles. The number of rotatable bonds is 7. The molecule has 1 N–H and O–H groups in total. The van der Waals surface area contributed by atoms with Crippen molar-refractivity contribution in [2.45, 2.75) is 65.4 Å². The number of halogens is 2. The van der Waals surface area contributed by atoms with Gasteiger partial charge in [-0.15, -0.1) is 0 Å². The Bertz CT molecular complexity index is 1420. The van der Waals surface area contributed by atoms with Crippen molar-refractivity contribution in [1.82, 2.24) is 0 Å². The molecular formula is C33H36F2O4. The summed E-state index contributed by atoms with van der Waals surface area (Å²) in [5.41, 5.74) is 3.79. The highest BCUT2D eigenvalue weighted by Gasteiger charge is 2.68. The molecule has 3 aromatic rings. The first-order valence-corrected chi connectivity index (χ1v) is 13.6. The van der Waals surface area contributed by atoms with E-state index < -0.39 is 23.1 Å². The highest BCUT2D eigenvalue weighted by Crippen LogP contribution is 2.65. The number of carbonyl (C=O) groups is 1. The van der Waals surface area contributed by atoms with Crippen LogP contribution in [0.25, 0.3) is 11.1 Å². The summed E-state index contributed by atoms with van der Waals surface area (Å²) in [6.07, 6.45) is 2.98. The lowest BCUT2D eigenvalue weighted by Gasteiger charge is -2.28. The smallest absolute Gasteiger partial charge is 0.307 e. The molecule has 5 rings (SSSR count). The average molecular weight is 535 g/mol. The lowest BCUT2D eigenvalue weighted by atomic mass is 9.77. The molecule has 0 saturated heterocycles. The average Bonchev–Trinajstić information content (AvgIpc) is 3.46. The maximum absolute atomic E-state index is 15.9. The van der Waals surface area contributed by atoms with Crippen LogP contribution in [0.5, 0.6) is 11.5 Å². The number of aryl methyl sites for hydroxylation is 1. The second-order valence-electron chi connectivity index (χ2n) is 12.3. The van der Waals surface area contributed by atoms with Gasteiger partial charge in [0.2, 0.25) is 0 Å². The number of ether oxygens (including phenoxy) is 2. The normalized spacial score (nSPS) is 21.9. The largest absolute Gasteiger partial charge is 0.497 e. The number of aliphatic carboxylic acids is 1. The Morgan fingerprint density at radius 1 is 1.08 bits per heavy atom. The first kappa shape index (κ1) is 27.2. The number of methoxy groups -OCH3 is 1. The van der Waals surface area contributed by atoms with E-state index in [0.717, 1.165) is 35.1 Å².